The highest BCUT2D eigenvalue weighted by molar-refractivity contribution is 5.95. The minimum absolute atomic E-state index is 0.405. The molecule has 1 aliphatic carbocycles. The molecule has 0 spiro atoms. The maximum Gasteiger partial charge on any atom is 0.123 e. The average molecular weight is 215 g/mol. The first-order valence-electron chi connectivity index (χ1n) is 6.10. The van der Waals surface area contributed by atoms with Crippen LogP contribution in [0, 0.1) is 12.8 Å². The Bertz CT molecular complexity index is 404. The molecule has 0 aromatic heterocycles. The monoisotopic (exact) mass is 215 g/mol. The average Bonchev–Trinajstić information content (AvgIpc) is 3.02. The summed E-state index contributed by atoms with van der Waals surface area (Å²) in [6, 6.07) is 5.79. The first-order valence-corrected chi connectivity index (χ1v) is 6.10. The number of hydrogen-bond donors (Lipinski definition) is 1. The third kappa shape index (κ3) is 2.46. The van der Waals surface area contributed by atoms with Gasteiger partial charge >= 0.3 is 0 Å². The van der Waals surface area contributed by atoms with E-state index in [4.69, 9.17) is 0 Å². The van der Waals surface area contributed by atoms with Crippen LogP contribution in [0.15, 0.2) is 24.3 Å². The lowest BCUT2D eigenvalue weighted by Gasteiger charge is -2.04. The van der Waals surface area contributed by atoms with Crippen LogP contribution in [-0.2, 0) is 0 Å². The Morgan fingerprint density at radius 1 is 1.19 bits per heavy atom. The van der Waals surface area contributed by atoms with Crippen molar-refractivity contribution in [2.24, 2.45) is 0 Å². The van der Waals surface area contributed by atoms with Crippen LogP contribution in [-0.4, -0.2) is 5.11 Å². The van der Waals surface area contributed by atoms with E-state index in [1.54, 1.807) is 6.07 Å². The summed E-state index contributed by atoms with van der Waals surface area (Å²) in [5.41, 5.74) is 3.47. The Balaban J connectivity index is 1.95. The van der Waals surface area contributed by atoms with Crippen molar-refractivity contribution in [1.82, 2.24) is 0 Å². The first-order chi connectivity index (χ1) is 7.72. The standard InChI is InChI=1S/C15H19O/c1-3-4-5-6-12-10-13(12)14-9-11(2)7-8-15(14)16/h7-10,16H,3-6H2,1-2H3. The Kier molecular flexibility index (Phi) is 3.33. The number of unbranched alkanes of at least 4 members (excludes halogenated alkanes) is 2. The predicted octanol–water partition coefficient (Wildman–Crippen LogP) is 4.25. The molecule has 2 rings (SSSR count). The van der Waals surface area contributed by atoms with Crippen molar-refractivity contribution >= 4 is 5.57 Å². The summed E-state index contributed by atoms with van der Waals surface area (Å²) in [6.45, 7) is 4.28. The number of phenols is 1. The number of allylic oxidation sites excluding steroid dienone is 2. The predicted molar refractivity (Wildman–Crippen MR) is 68.2 cm³/mol. The molecule has 1 N–H and O–H groups in total. The number of benzene rings is 1. The van der Waals surface area contributed by atoms with Crippen LogP contribution in [0.4, 0.5) is 0 Å². The molecule has 0 atom stereocenters. The van der Waals surface area contributed by atoms with E-state index in [1.807, 2.05) is 6.07 Å². The summed E-state index contributed by atoms with van der Waals surface area (Å²) in [5, 5.41) is 9.78. The molecular formula is C15H19O. The van der Waals surface area contributed by atoms with Gasteiger partial charge in [-0.2, -0.15) is 0 Å². The number of aromatic hydroxyl groups is 1. The molecular weight excluding hydrogens is 196 g/mol. The van der Waals surface area contributed by atoms with Crippen molar-refractivity contribution in [3.05, 3.63) is 41.3 Å². The zero-order chi connectivity index (χ0) is 11.5. The van der Waals surface area contributed by atoms with Gasteiger partial charge in [-0.05, 0) is 31.1 Å². The summed E-state index contributed by atoms with van der Waals surface area (Å²) in [6.07, 6.45) is 7.18. The van der Waals surface area contributed by atoms with Gasteiger partial charge in [-0.1, -0.05) is 43.9 Å². The van der Waals surface area contributed by atoms with Crippen LogP contribution < -0.4 is 0 Å². The summed E-state index contributed by atoms with van der Waals surface area (Å²) in [4.78, 5) is 0. The SMILES string of the molecule is CCCCC[C]1C=C1c1cc(C)ccc1O. The van der Waals surface area contributed by atoms with E-state index in [1.165, 1.54) is 36.3 Å². The topological polar surface area (TPSA) is 20.2 Å². The second kappa shape index (κ2) is 4.73. The van der Waals surface area contributed by atoms with E-state index < -0.39 is 0 Å². The van der Waals surface area contributed by atoms with E-state index >= 15 is 0 Å². The summed E-state index contributed by atoms with van der Waals surface area (Å²) in [5.74, 6) is 1.83. The minimum atomic E-state index is 0.405. The van der Waals surface area contributed by atoms with E-state index in [0.717, 1.165) is 12.0 Å². The molecule has 0 heterocycles. The van der Waals surface area contributed by atoms with Gasteiger partial charge in [-0.25, -0.2) is 0 Å². The fourth-order valence-electron chi connectivity index (χ4n) is 2.03. The van der Waals surface area contributed by atoms with Crippen LogP contribution in [0.25, 0.3) is 5.57 Å². The van der Waals surface area contributed by atoms with Gasteiger partial charge in [0.1, 0.15) is 5.75 Å². The minimum Gasteiger partial charge on any atom is -0.507 e. The lowest BCUT2D eigenvalue weighted by atomic mass is 10.0. The van der Waals surface area contributed by atoms with E-state index in [0.29, 0.717) is 5.75 Å². The lowest BCUT2D eigenvalue weighted by Crippen LogP contribution is -1.84. The Morgan fingerprint density at radius 2 is 2.00 bits per heavy atom. The van der Waals surface area contributed by atoms with Crippen molar-refractivity contribution in [3.63, 3.8) is 0 Å². The van der Waals surface area contributed by atoms with Gasteiger partial charge in [-0.3, -0.25) is 0 Å². The van der Waals surface area contributed by atoms with Gasteiger partial charge in [0.2, 0.25) is 0 Å². The van der Waals surface area contributed by atoms with Crippen LogP contribution >= 0.6 is 0 Å². The van der Waals surface area contributed by atoms with E-state index in [9.17, 15) is 5.11 Å². The largest absolute Gasteiger partial charge is 0.507 e. The first kappa shape index (κ1) is 11.3. The molecule has 0 aliphatic heterocycles. The number of phenolic OH excluding ortho intramolecular Hbond substituents is 1. The van der Waals surface area contributed by atoms with Crippen molar-refractivity contribution in [2.45, 2.75) is 39.5 Å². The summed E-state index contributed by atoms with van der Waals surface area (Å²) in [7, 11) is 0. The molecule has 1 aliphatic rings. The zero-order valence-electron chi connectivity index (χ0n) is 10.1. The van der Waals surface area contributed by atoms with Crippen molar-refractivity contribution < 1.29 is 5.11 Å². The molecule has 0 saturated carbocycles. The lowest BCUT2D eigenvalue weighted by molar-refractivity contribution is 0.473. The van der Waals surface area contributed by atoms with Gasteiger partial charge in [0, 0.05) is 11.5 Å². The number of hydrogen-bond acceptors (Lipinski definition) is 1. The molecule has 16 heavy (non-hydrogen) atoms. The molecule has 0 unspecified atom stereocenters. The third-order valence-electron chi connectivity index (χ3n) is 3.07. The highest BCUT2D eigenvalue weighted by atomic mass is 16.3. The highest BCUT2D eigenvalue weighted by Gasteiger charge is 2.27. The fraction of sp³-hybridized carbons (Fsp3) is 0.400. The van der Waals surface area contributed by atoms with Crippen LogP contribution in [0.5, 0.6) is 5.75 Å². The van der Waals surface area contributed by atoms with Gasteiger partial charge in [0.25, 0.3) is 0 Å². The van der Waals surface area contributed by atoms with Crippen molar-refractivity contribution in [3.8, 4) is 5.75 Å². The molecule has 0 amide bonds. The molecule has 1 aromatic rings. The smallest absolute Gasteiger partial charge is 0.123 e. The van der Waals surface area contributed by atoms with Gasteiger partial charge in [-0.15, -0.1) is 0 Å². The van der Waals surface area contributed by atoms with Gasteiger partial charge in [0.15, 0.2) is 0 Å². The molecule has 0 saturated heterocycles. The second-order valence-electron chi connectivity index (χ2n) is 4.56. The molecule has 1 radical (unpaired) electrons. The Morgan fingerprint density at radius 3 is 2.75 bits per heavy atom. The van der Waals surface area contributed by atoms with E-state index in [2.05, 4.69) is 26.0 Å². The maximum absolute atomic E-state index is 9.78. The second-order valence-corrected chi connectivity index (χ2v) is 4.56. The van der Waals surface area contributed by atoms with Crippen molar-refractivity contribution in [1.29, 1.82) is 0 Å². The van der Waals surface area contributed by atoms with Crippen LogP contribution in [0.2, 0.25) is 0 Å². The highest BCUT2D eigenvalue weighted by Crippen LogP contribution is 2.46. The van der Waals surface area contributed by atoms with Crippen LogP contribution in [0.3, 0.4) is 0 Å². The summed E-state index contributed by atoms with van der Waals surface area (Å²) < 4.78 is 0. The van der Waals surface area contributed by atoms with Gasteiger partial charge < -0.3 is 5.11 Å². The molecule has 85 valence electrons. The quantitative estimate of drug-likeness (QED) is 0.728. The zero-order valence-corrected chi connectivity index (χ0v) is 10.1. The number of aryl methyl sites for hydroxylation is 1. The van der Waals surface area contributed by atoms with Crippen LogP contribution in [0.1, 0.15) is 43.7 Å². The molecule has 1 nitrogen and oxygen atoms in total. The normalized spacial score (nSPS) is 15.0. The molecule has 0 bridgehead atoms. The fourth-order valence-corrected chi connectivity index (χ4v) is 2.03. The summed E-state index contributed by atoms with van der Waals surface area (Å²) >= 11 is 0. The Hall–Kier alpha value is -1.24. The van der Waals surface area contributed by atoms with Crippen molar-refractivity contribution in [2.75, 3.05) is 0 Å². The maximum atomic E-state index is 9.78. The van der Waals surface area contributed by atoms with E-state index in [-0.39, 0.29) is 0 Å². The molecule has 1 heteroatoms. The third-order valence-corrected chi connectivity index (χ3v) is 3.07. The van der Waals surface area contributed by atoms with Gasteiger partial charge in [0.05, 0.1) is 0 Å². The molecule has 1 aromatic carbocycles. The Labute approximate surface area is 97.8 Å². The number of rotatable bonds is 5. The molecule has 0 fully saturated rings.